The number of phenols is 2. The molecule has 0 aliphatic carbocycles. The van der Waals surface area contributed by atoms with E-state index in [1.165, 1.54) is 6.07 Å². The molecule has 0 radical (unpaired) electrons. The zero-order valence-electron chi connectivity index (χ0n) is 8.86. The van der Waals surface area contributed by atoms with Crippen molar-refractivity contribution < 1.29 is 19.7 Å². The fraction of sp³-hybridized carbons (Fsp3) is 0.250. The van der Waals surface area contributed by atoms with E-state index < -0.39 is 5.97 Å². The van der Waals surface area contributed by atoms with E-state index in [9.17, 15) is 15.0 Å². The number of allylic oxidation sites excluding steroid dienone is 1. The van der Waals surface area contributed by atoms with Gasteiger partial charge in [0.05, 0.1) is 0 Å². The number of carbonyl (C=O) groups is 1. The molecule has 0 spiro atoms. The van der Waals surface area contributed by atoms with Gasteiger partial charge < -0.3 is 14.9 Å². The summed E-state index contributed by atoms with van der Waals surface area (Å²) in [7, 11) is 0. The van der Waals surface area contributed by atoms with E-state index in [0.717, 1.165) is 18.9 Å². The molecule has 1 aromatic rings. The predicted octanol–water partition coefficient (Wildman–Crippen LogP) is 2.41. The molecule has 84 valence electrons. The maximum absolute atomic E-state index is 11.5. The standard InChI is InChI=1S/C12H12O4/c1-2-3-4-10-8-5-7(13)6-9(14)11(8)12(15)16-10/h4-6,13-14H,2-3H2,1H3/b10-4-. The van der Waals surface area contributed by atoms with Crippen LogP contribution in [0.5, 0.6) is 11.5 Å². The Morgan fingerprint density at radius 3 is 2.81 bits per heavy atom. The number of rotatable bonds is 2. The van der Waals surface area contributed by atoms with Crippen LogP contribution >= 0.6 is 0 Å². The average molecular weight is 220 g/mol. The minimum Gasteiger partial charge on any atom is -0.508 e. The maximum atomic E-state index is 11.5. The third-order valence-corrected chi connectivity index (χ3v) is 2.39. The lowest BCUT2D eigenvalue weighted by atomic mass is 10.1. The lowest BCUT2D eigenvalue weighted by Crippen LogP contribution is -1.93. The van der Waals surface area contributed by atoms with Gasteiger partial charge in [-0.15, -0.1) is 0 Å². The highest BCUT2D eigenvalue weighted by Crippen LogP contribution is 2.38. The number of hydrogen-bond donors (Lipinski definition) is 2. The first-order chi connectivity index (χ1) is 7.63. The van der Waals surface area contributed by atoms with Gasteiger partial charge >= 0.3 is 5.97 Å². The normalized spacial score (nSPS) is 16.3. The fourth-order valence-electron chi connectivity index (χ4n) is 1.65. The summed E-state index contributed by atoms with van der Waals surface area (Å²) in [5.74, 6) is -0.500. The Labute approximate surface area is 92.8 Å². The SMILES string of the molecule is CCC/C=C1\OC(=O)c2c(O)cc(O)cc21. The first-order valence-corrected chi connectivity index (χ1v) is 5.12. The molecule has 1 aromatic carbocycles. The number of carbonyl (C=O) groups excluding carboxylic acids is 1. The Kier molecular flexibility index (Phi) is 2.56. The molecule has 0 saturated heterocycles. The van der Waals surface area contributed by atoms with Crippen molar-refractivity contribution >= 4 is 11.7 Å². The van der Waals surface area contributed by atoms with Crippen molar-refractivity contribution in [2.24, 2.45) is 0 Å². The van der Waals surface area contributed by atoms with Crippen molar-refractivity contribution in [1.82, 2.24) is 0 Å². The summed E-state index contributed by atoms with van der Waals surface area (Å²) in [4.78, 5) is 11.5. The van der Waals surface area contributed by atoms with Crippen molar-refractivity contribution in [3.8, 4) is 11.5 Å². The molecule has 4 nitrogen and oxygen atoms in total. The second kappa shape index (κ2) is 3.89. The third-order valence-electron chi connectivity index (χ3n) is 2.39. The van der Waals surface area contributed by atoms with E-state index in [0.29, 0.717) is 11.3 Å². The van der Waals surface area contributed by atoms with Gasteiger partial charge in [-0.05, 0) is 18.6 Å². The number of unbranched alkanes of at least 4 members (excludes halogenated alkanes) is 1. The van der Waals surface area contributed by atoms with Gasteiger partial charge in [-0.1, -0.05) is 13.3 Å². The second-order valence-corrected chi connectivity index (χ2v) is 3.63. The fourth-order valence-corrected chi connectivity index (χ4v) is 1.65. The number of ether oxygens (including phenoxy) is 1. The van der Waals surface area contributed by atoms with E-state index in [1.807, 2.05) is 6.92 Å². The molecule has 0 bridgehead atoms. The van der Waals surface area contributed by atoms with Crippen LogP contribution in [-0.2, 0) is 4.74 Å². The van der Waals surface area contributed by atoms with Crippen molar-refractivity contribution in [2.45, 2.75) is 19.8 Å². The van der Waals surface area contributed by atoms with Gasteiger partial charge in [0.15, 0.2) is 0 Å². The van der Waals surface area contributed by atoms with Crippen LogP contribution in [0.1, 0.15) is 35.7 Å². The molecule has 0 amide bonds. The average Bonchev–Trinajstić information content (AvgIpc) is 2.52. The van der Waals surface area contributed by atoms with Gasteiger partial charge in [-0.3, -0.25) is 0 Å². The molecule has 0 atom stereocenters. The third kappa shape index (κ3) is 1.62. The Morgan fingerprint density at radius 1 is 1.38 bits per heavy atom. The first kappa shape index (κ1) is 10.5. The van der Waals surface area contributed by atoms with Crippen LogP contribution in [0.2, 0.25) is 0 Å². The molecule has 2 rings (SSSR count). The number of fused-ring (bicyclic) bond motifs is 1. The summed E-state index contributed by atoms with van der Waals surface area (Å²) in [5, 5.41) is 18.9. The van der Waals surface area contributed by atoms with Crippen LogP contribution in [0.25, 0.3) is 5.76 Å². The van der Waals surface area contributed by atoms with Crippen LogP contribution < -0.4 is 0 Å². The van der Waals surface area contributed by atoms with E-state index in [-0.39, 0.29) is 17.1 Å². The number of cyclic esters (lactones) is 1. The molecule has 0 aromatic heterocycles. The lowest BCUT2D eigenvalue weighted by molar-refractivity contribution is 0.0713. The largest absolute Gasteiger partial charge is 0.508 e. The van der Waals surface area contributed by atoms with E-state index >= 15 is 0 Å². The van der Waals surface area contributed by atoms with Crippen LogP contribution in [0.15, 0.2) is 18.2 Å². The van der Waals surface area contributed by atoms with Crippen LogP contribution in [0, 0.1) is 0 Å². The summed E-state index contributed by atoms with van der Waals surface area (Å²) >= 11 is 0. The lowest BCUT2D eigenvalue weighted by Gasteiger charge is -2.00. The summed E-state index contributed by atoms with van der Waals surface area (Å²) in [6.45, 7) is 2.01. The van der Waals surface area contributed by atoms with Crippen LogP contribution in [0.4, 0.5) is 0 Å². The van der Waals surface area contributed by atoms with Gasteiger partial charge in [0.25, 0.3) is 0 Å². The number of hydrogen-bond acceptors (Lipinski definition) is 4. The van der Waals surface area contributed by atoms with E-state index in [1.54, 1.807) is 6.08 Å². The van der Waals surface area contributed by atoms with Crippen LogP contribution in [-0.4, -0.2) is 16.2 Å². The molecule has 1 heterocycles. The quantitative estimate of drug-likeness (QED) is 0.751. The van der Waals surface area contributed by atoms with Gasteiger partial charge in [-0.2, -0.15) is 0 Å². The summed E-state index contributed by atoms with van der Waals surface area (Å²) in [5.41, 5.74) is 0.580. The van der Waals surface area contributed by atoms with Crippen molar-refractivity contribution in [3.63, 3.8) is 0 Å². The molecular weight excluding hydrogens is 208 g/mol. The monoisotopic (exact) mass is 220 g/mol. The molecule has 16 heavy (non-hydrogen) atoms. The van der Waals surface area contributed by atoms with Gasteiger partial charge in [0.1, 0.15) is 22.8 Å². The minimum absolute atomic E-state index is 0.0862. The molecule has 1 aliphatic rings. The van der Waals surface area contributed by atoms with Crippen LogP contribution in [0.3, 0.4) is 0 Å². The Bertz CT molecular complexity index is 474. The molecule has 0 fully saturated rings. The van der Waals surface area contributed by atoms with E-state index in [2.05, 4.69) is 0 Å². The topological polar surface area (TPSA) is 66.8 Å². The second-order valence-electron chi connectivity index (χ2n) is 3.63. The number of benzene rings is 1. The number of phenolic OH excluding ortho intramolecular Hbond substituents is 2. The minimum atomic E-state index is -0.574. The maximum Gasteiger partial charge on any atom is 0.348 e. The van der Waals surface area contributed by atoms with Crippen molar-refractivity contribution in [2.75, 3.05) is 0 Å². The van der Waals surface area contributed by atoms with Gasteiger partial charge in [-0.25, -0.2) is 4.79 Å². The molecule has 0 unspecified atom stereocenters. The van der Waals surface area contributed by atoms with Gasteiger partial charge in [0, 0.05) is 11.6 Å². The predicted molar refractivity (Wildman–Crippen MR) is 58.1 cm³/mol. The zero-order chi connectivity index (χ0) is 11.7. The zero-order valence-corrected chi connectivity index (χ0v) is 8.86. The summed E-state index contributed by atoms with van der Waals surface area (Å²) < 4.78 is 5.02. The first-order valence-electron chi connectivity index (χ1n) is 5.12. The number of aromatic hydroxyl groups is 2. The highest BCUT2D eigenvalue weighted by molar-refractivity contribution is 6.05. The Hall–Kier alpha value is -1.97. The smallest absolute Gasteiger partial charge is 0.348 e. The number of esters is 1. The van der Waals surface area contributed by atoms with E-state index in [4.69, 9.17) is 4.74 Å². The van der Waals surface area contributed by atoms with Crippen molar-refractivity contribution in [1.29, 1.82) is 0 Å². The summed E-state index contributed by atoms with van der Waals surface area (Å²) in [6.07, 6.45) is 3.49. The Morgan fingerprint density at radius 2 is 2.12 bits per heavy atom. The molecule has 2 N–H and O–H groups in total. The van der Waals surface area contributed by atoms with Gasteiger partial charge in [0.2, 0.25) is 0 Å². The summed E-state index contributed by atoms with van der Waals surface area (Å²) in [6, 6.07) is 2.55. The molecular formula is C12H12O4. The molecule has 1 aliphatic heterocycles. The van der Waals surface area contributed by atoms with Crippen molar-refractivity contribution in [3.05, 3.63) is 29.3 Å². The molecule has 0 saturated carbocycles. The highest BCUT2D eigenvalue weighted by atomic mass is 16.5. The Balaban J connectivity index is 2.53. The molecule has 4 heteroatoms. The highest BCUT2D eigenvalue weighted by Gasteiger charge is 2.30.